The Morgan fingerprint density at radius 1 is 1.67 bits per heavy atom. The zero-order chi connectivity index (χ0) is 6.53. The van der Waals surface area contributed by atoms with E-state index in [1.165, 1.54) is 17.4 Å². The van der Waals surface area contributed by atoms with Crippen LogP contribution >= 0.6 is 11.3 Å². The van der Waals surface area contributed by atoms with Crippen molar-refractivity contribution in [3.63, 3.8) is 0 Å². The molecule has 0 saturated carbocycles. The summed E-state index contributed by atoms with van der Waals surface area (Å²) in [5, 5.41) is 2.73. The highest BCUT2D eigenvalue weighted by atomic mass is 32.1. The summed E-state index contributed by atoms with van der Waals surface area (Å²) in [6.07, 6.45) is 5.55. The van der Waals surface area contributed by atoms with Crippen LogP contribution in [0.5, 0.6) is 0 Å². The Morgan fingerprint density at radius 2 is 2.56 bits per heavy atom. The molecule has 46 valence electrons. The number of allylic oxidation sites excluding steroid dienone is 1. The van der Waals surface area contributed by atoms with Gasteiger partial charge in [-0.2, -0.15) is 0 Å². The third-order valence-corrected chi connectivity index (χ3v) is 1.51. The second kappa shape index (κ2) is 3.14. The van der Waals surface area contributed by atoms with Crippen LogP contribution in [0.3, 0.4) is 0 Å². The molecule has 0 unspecified atom stereocenters. The molecule has 1 aromatic heterocycles. The summed E-state index contributed by atoms with van der Waals surface area (Å²) in [6.45, 7) is 0. The highest BCUT2D eigenvalue weighted by Gasteiger charge is 1.83. The number of carbonyl (C=O) groups excluding carboxylic acids is 1. The van der Waals surface area contributed by atoms with Crippen molar-refractivity contribution in [1.29, 1.82) is 0 Å². The molecular weight excluding hydrogens is 134 g/mol. The van der Waals surface area contributed by atoms with Crippen LogP contribution < -0.4 is 0 Å². The van der Waals surface area contributed by atoms with E-state index in [0.717, 1.165) is 11.3 Å². The lowest BCUT2D eigenvalue weighted by Crippen LogP contribution is -1.64. The predicted octanol–water partition coefficient (Wildman–Crippen LogP) is 1.36. The van der Waals surface area contributed by atoms with E-state index < -0.39 is 0 Å². The molecule has 1 aromatic rings. The van der Waals surface area contributed by atoms with Crippen molar-refractivity contribution in [2.45, 2.75) is 0 Å². The molecular formula is C6H5NOS. The van der Waals surface area contributed by atoms with E-state index in [2.05, 4.69) is 4.98 Å². The Balaban J connectivity index is 2.67. The summed E-state index contributed by atoms with van der Waals surface area (Å²) in [4.78, 5) is 13.7. The van der Waals surface area contributed by atoms with Gasteiger partial charge in [0.25, 0.3) is 0 Å². The Hall–Kier alpha value is -0.960. The number of rotatable bonds is 2. The van der Waals surface area contributed by atoms with Crippen molar-refractivity contribution in [2.75, 3.05) is 0 Å². The minimum atomic E-state index is 0.737. The zero-order valence-corrected chi connectivity index (χ0v) is 5.47. The Labute approximate surface area is 56.9 Å². The minimum Gasteiger partial charge on any atom is -0.299 e. The van der Waals surface area contributed by atoms with Crippen LogP contribution in [-0.2, 0) is 4.79 Å². The van der Waals surface area contributed by atoms with Gasteiger partial charge in [-0.05, 0) is 12.2 Å². The molecule has 2 nitrogen and oxygen atoms in total. The Morgan fingerprint density at radius 3 is 3.11 bits per heavy atom. The highest BCUT2D eigenvalue weighted by molar-refractivity contribution is 7.10. The van der Waals surface area contributed by atoms with Gasteiger partial charge in [-0.15, -0.1) is 11.3 Å². The van der Waals surface area contributed by atoms with Gasteiger partial charge in [-0.25, -0.2) is 4.98 Å². The third-order valence-electron chi connectivity index (χ3n) is 0.769. The first-order chi connectivity index (χ1) is 4.43. The molecule has 0 aromatic carbocycles. The molecule has 0 radical (unpaired) electrons. The van der Waals surface area contributed by atoms with Crippen LogP contribution in [0.15, 0.2) is 17.7 Å². The fourth-order valence-electron chi connectivity index (χ4n) is 0.438. The van der Waals surface area contributed by atoms with Gasteiger partial charge in [0.1, 0.15) is 11.3 Å². The van der Waals surface area contributed by atoms with Gasteiger partial charge in [0.2, 0.25) is 0 Å². The number of aldehydes is 1. The second-order valence-corrected chi connectivity index (χ2v) is 2.29. The largest absolute Gasteiger partial charge is 0.299 e. The number of aromatic nitrogens is 1. The first-order valence-corrected chi connectivity index (χ1v) is 3.33. The molecule has 0 atom stereocenters. The molecule has 0 spiro atoms. The molecule has 0 aliphatic carbocycles. The van der Waals surface area contributed by atoms with Gasteiger partial charge in [0, 0.05) is 11.6 Å². The van der Waals surface area contributed by atoms with Crippen molar-refractivity contribution in [1.82, 2.24) is 4.98 Å². The van der Waals surface area contributed by atoms with Crippen molar-refractivity contribution >= 4 is 23.7 Å². The average Bonchev–Trinajstić information content (AvgIpc) is 2.34. The Bertz CT molecular complexity index is 203. The normalized spacial score (nSPS) is 10.2. The van der Waals surface area contributed by atoms with Crippen LogP contribution in [0.25, 0.3) is 6.08 Å². The number of nitrogens with zero attached hydrogens (tertiary/aromatic N) is 1. The summed E-state index contributed by atoms with van der Waals surface area (Å²) in [5.41, 5.74) is 0. The fraction of sp³-hybridized carbons (Fsp3) is 0. The van der Waals surface area contributed by atoms with E-state index in [9.17, 15) is 4.79 Å². The van der Waals surface area contributed by atoms with Gasteiger partial charge in [0.05, 0.1) is 0 Å². The van der Waals surface area contributed by atoms with E-state index in [0.29, 0.717) is 0 Å². The maximum Gasteiger partial charge on any atom is 0.142 e. The number of thiazole rings is 1. The van der Waals surface area contributed by atoms with Crippen LogP contribution in [0.2, 0.25) is 0 Å². The topological polar surface area (TPSA) is 30.0 Å². The van der Waals surface area contributed by atoms with E-state index >= 15 is 0 Å². The SMILES string of the molecule is O=CC=Cc1nccs1. The smallest absolute Gasteiger partial charge is 0.142 e. The Kier molecular flexibility index (Phi) is 2.15. The van der Waals surface area contributed by atoms with Crippen LogP contribution in [-0.4, -0.2) is 11.3 Å². The van der Waals surface area contributed by atoms with E-state index in [4.69, 9.17) is 0 Å². The molecule has 0 bridgehead atoms. The van der Waals surface area contributed by atoms with Crippen LogP contribution in [0, 0.1) is 0 Å². The second-order valence-electron chi connectivity index (χ2n) is 1.37. The maximum atomic E-state index is 9.79. The van der Waals surface area contributed by atoms with Crippen molar-refractivity contribution in [3.05, 3.63) is 22.7 Å². The number of hydrogen-bond acceptors (Lipinski definition) is 3. The van der Waals surface area contributed by atoms with Gasteiger partial charge < -0.3 is 0 Å². The fourth-order valence-corrected chi connectivity index (χ4v) is 0.978. The van der Waals surface area contributed by atoms with Crippen molar-refractivity contribution < 1.29 is 4.79 Å². The van der Waals surface area contributed by atoms with E-state index in [1.54, 1.807) is 12.3 Å². The lowest BCUT2D eigenvalue weighted by Gasteiger charge is -1.73. The first-order valence-electron chi connectivity index (χ1n) is 2.45. The molecule has 3 heteroatoms. The van der Waals surface area contributed by atoms with Gasteiger partial charge in [-0.1, -0.05) is 0 Å². The quantitative estimate of drug-likeness (QED) is 0.457. The summed E-state index contributed by atoms with van der Waals surface area (Å²) >= 11 is 1.51. The van der Waals surface area contributed by atoms with Gasteiger partial charge in [0.15, 0.2) is 0 Å². The van der Waals surface area contributed by atoms with E-state index in [1.807, 2.05) is 5.38 Å². The molecule has 1 rings (SSSR count). The van der Waals surface area contributed by atoms with Crippen LogP contribution in [0.4, 0.5) is 0 Å². The van der Waals surface area contributed by atoms with Crippen LogP contribution in [0.1, 0.15) is 5.01 Å². The molecule has 0 aliphatic heterocycles. The molecule has 0 fully saturated rings. The zero-order valence-electron chi connectivity index (χ0n) is 4.65. The van der Waals surface area contributed by atoms with E-state index in [-0.39, 0.29) is 0 Å². The molecule has 0 amide bonds. The first kappa shape index (κ1) is 6.16. The third kappa shape index (κ3) is 1.77. The molecule has 0 N–H and O–H groups in total. The molecule has 0 saturated heterocycles. The molecule has 9 heavy (non-hydrogen) atoms. The monoisotopic (exact) mass is 139 g/mol. The average molecular weight is 139 g/mol. The van der Waals surface area contributed by atoms with Gasteiger partial charge in [-0.3, -0.25) is 4.79 Å². The maximum absolute atomic E-state index is 9.79. The lowest BCUT2D eigenvalue weighted by atomic mass is 10.5. The summed E-state index contributed by atoms with van der Waals surface area (Å²) in [7, 11) is 0. The van der Waals surface area contributed by atoms with Crippen molar-refractivity contribution in [2.24, 2.45) is 0 Å². The lowest BCUT2D eigenvalue weighted by molar-refractivity contribution is -0.104. The summed E-state index contributed by atoms with van der Waals surface area (Å²) in [5.74, 6) is 0. The number of carbonyl (C=O) groups is 1. The number of hydrogen-bond donors (Lipinski definition) is 0. The highest BCUT2D eigenvalue weighted by Crippen LogP contribution is 2.04. The van der Waals surface area contributed by atoms with Crippen molar-refractivity contribution in [3.8, 4) is 0 Å². The minimum absolute atomic E-state index is 0.737. The summed E-state index contributed by atoms with van der Waals surface area (Å²) < 4.78 is 0. The molecule has 0 aliphatic rings. The van der Waals surface area contributed by atoms with Gasteiger partial charge >= 0.3 is 0 Å². The predicted molar refractivity (Wildman–Crippen MR) is 37.2 cm³/mol. The molecule has 1 heterocycles. The standard InChI is InChI=1S/C6H5NOS/c8-4-1-2-6-7-3-5-9-6/h1-5H. The summed E-state index contributed by atoms with van der Waals surface area (Å²) in [6, 6.07) is 0.